The Morgan fingerprint density at radius 2 is 1.73 bits per heavy atom. The summed E-state index contributed by atoms with van der Waals surface area (Å²) in [6.07, 6.45) is 2.43. The fraction of sp³-hybridized carbons (Fsp3) is 0.217. The molecule has 2 aromatic carbocycles. The molecule has 0 saturated carbocycles. The number of fused-ring (bicyclic) bond motifs is 1. The topological polar surface area (TPSA) is 75.4 Å². The Labute approximate surface area is 175 Å². The largest absolute Gasteiger partial charge is 0.281 e. The van der Waals surface area contributed by atoms with E-state index >= 15 is 0 Å². The average molecular weight is 400 g/mol. The molecule has 0 aliphatic rings. The maximum absolute atomic E-state index is 12.8. The minimum atomic E-state index is -0.0488. The third kappa shape index (κ3) is 4.30. The molecule has 0 aliphatic heterocycles. The molecule has 0 radical (unpaired) electrons. The number of anilines is 1. The summed E-state index contributed by atoms with van der Waals surface area (Å²) in [5.74, 6) is 0.531. The highest BCUT2D eigenvalue weighted by atomic mass is 16.2. The molecule has 2 heterocycles. The van der Waals surface area contributed by atoms with Crippen molar-refractivity contribution < 1.29 is 4.79 Å². The number of amides is 1. The molecule has 7 heteroatoms. The van der Waals surface area contributed by atoms with Crippen LogP contribution in [0.1, 0.15) is 28.9 Å². The first-order valence-corrected chi connectivity index (χ1v) is 9.93. The summed E-state index contributed by atoms with van der Waals surface area (Å²) in [6.45, 7) is 4.51. The summed E-state index contributed by atoms with van der Waals surface area (Å²) in [5, 5.41) is 6.10. The molecule has 7 nitrogen and oxygen atoms in total. The van der Waals surface area contributed by atoms with E-state index in [-0.39, 0.29) is 5.91 Å². The fourth-order valence-corrected chi connectivity index (χ4v) is 3.53. The molecular formula is C23H24N6O. The Hall–Kier alpha value is -3.74. The van der Waals surface area contributed by atoms with Gasteiger partial charge in [0.05, 0.1) is 12.2 Å². The highest BCUT2D eigenvalue weighted by molar-refractivity contribution is 5.78. The Morgan fingerprint density at radius 1 is 1.03 bits per heavy atom. The molecule has 152 valence electrons. The monoisotopic (exact) mass is 400 g/mol. The summed E-state index contributed by atoms with van der Waals surface area (Å²) >= 11 is 0. The first kappa shape index (κ1) is 19.6. The van der Waals surface area contributed by atoms with Gasteiger partial charge in [0.1, 0.15) is 6.33 Å². The van der Waals surface area contributed by atoms with Gasteiger partial charge in [-0.05, 0) is 43.5 Å². The van der Waals surface area contributed by atoms with Crippen LogP contribution in [0.5, 0.6) is 0 Å². The van der Waals surface area contributed by atoms with Crippen molar-refractivity contribution >= 4 is 17.4 Å². The Balaban J connectivity index is 1.48. The Kier molecular flexibility index (Phi) is 5.70. The van der Waals surface area contributed by atoms with Crippen molar-refractivity contribution in [1.29, 1.82) is 0 Å². The summed E-state index contributed by atoms with van der Waals surface area (Å²) in [5.41, 5.74) is 7.99. The smallest absolute Gasteiger partial charge is 0.252 e. The number of nitrogens with one attached hydrogen (secondary N) is 1. The molecule has 0 spiro atoms. The summed E-state index contributed by atoms with van der Waals surface area (Å²) in [4.78, 5) is 21.4. The number of aryl methyl sites for hydroxylation is 2. The van der Waals surface area contributed by atoms with Crippen molar-refractivity contribution in [3.63, 3.8) is 0 Å². The van der Waals surface area contributed by atoms with E-state index in [9.17, 15) is 4.79 Å². The van der Waals surface area contributed by atoms with Gasteiger partial charge in [0, 0.05) is 17.8 Å². The zero-order valence-corrected chi connectivity index (χ0v) is 17.1. The highest BCUT2D eigenvalue weighted by Gasteiger charge is 2.15. The van der Waals surface area contributed by atoms with E-state index < -0.39 is 0 Å². The standard InChI is InChI=1S/C23H24N6O/c1-17-21(18(2)29-23(26-17)24-16-25-29)13-14-22(30)27-28(20-11-7-4-8-12-20)15-19-9-5-3-6-10-19/h3-12,16H,13-15H2,1-2H3,(H,27,30). The van der Waals surface area contributed by atoms with Crippen molar-refractivity contribution in [3.05, 3.63) is 89.5 Å². The van der Waals surface area contributed by atoms with Gasteiger partial charge in [0.2, 0.25) is 5.91 Å². The van der Waals surface area contributed by atoms with Crippen LogP contribution in [0.25, 0.3) is 5.78 Å². The van der Waals surface area contributed by atoms with Crippen LogP contribution < -0.4 is 10.4 Å². The first-order valence-electron chi connectivity index (χ1n) is 9.93. The van der Waals surface area contributed by atoms with Gasteiger partial charge in [-0.25, -0.2) is 9.50 Å². The molecule has 0 unspecified atom stereocenters. The molecule has 0 aliphatic carbocycles. The van der Waals surface area contributed by atoms with Gasteiger partial charge in [-0.2, -0.15) is 10.1 Å². The van der Waals surface area contributed by atoms with Gasteiger partial charge >= 0.3 is 0 Å². The van der Waals surface area contributed by atoms with Gasteiger partial charge < -0.3 is 0 Å². The molecule has 0 bridgehead atoms. The highest BCUT2D eigenvalue weighted by Crippen LogP contribution is 2.17. The van der Waals surface area contributed by atoms with Crippen molar-refractivity contribution in [2.75, 3.05) is 5.01 Å². The van der Waals surface area contributed by atoms with Crippen LogP contribution in [-0.4, -0.2) is 25.5 Å². The van der Waals surface area contributed by atoms with E-state index in [1.807, 2.05) is 79.5 Å². The van der Waals surface area contributed by atoms with Crippen LogP contribution in [0.15, 0.2) is 67.0 Å². The quantitative estimate of drug-likeness (QED) is 0.481. The number of aromatic nitrogens is 4. The number of hydrazine groups is 1. The predicted octanol–water partition coefficient (Wildman–Crippen LogP) is 3.41. The van der Waals surface area contributed by atoms with Crippen molar-refractivity contribution in [1.82, 2.24) is 25.0 Å². The van der Waals surface area contributed by atoms with Crippen molar-refractivity contribution in [2.45, 2.75) is 33.2 Å². The summed E-state index contributed by atoms with van der Waals surface area (Å²) in [6, 6.07) is 19.9. The normalized spacial score (nSPS) is 10.9. The van der Waals surface area contributed by atoms with Crippen LogP contribution in [0, 0.1) is 13.8 Å². The minimum Gasteiger partial charge on any atom is -0.281 e. The van der Waals surface area contributed by atoms with Crippen LogP contribution >= 0.6 is 0 Å². The lowest BCUT2D eigenvalue weighted by Gasteiger charge is -2.25. The van der Waals surface area contributed by atoms with Gasteiger partial charge in [-0.3, -0.25) is 15.2 Å². The lowest BCUT2D eigenvalue weighted by atomic mass is 10.1. The maximum atomic E-state index is 12.8. The lowest BCUT2D eigenvalue weighted by Crippen LogP contribution is -2.42. The third-order valence-corrected chi connectivity index (χ3v) is 5.10. The summed E-state index contributed by atoms with van der Waals surface area (Å²) < 4.78 is 1.71. The molecule has 1 N–H and O–H groups in total. The zero-order chi connectivity index (χ0) is 20.9. The Bertz CT molecular complexity index is 1140. The molecule has 2 aromatic heterocycles. The van der Waals surface area contributed by atoms with Crippen molar-refractivity contribution in [3.8, 4) is 0 Å². The zero-order valence-electron chi connectivity index (χ0n) is 17.1. The number of nitrogens with zero attached hydrogens (tertiary/aromatic N) is 5. The van der Waals surface area contributed by atoms with Gasteiger partial charge in [0.15, 0.2) is 0 Å². The van der Waals surface area contributed by atoms with E-state index in [4.69, 9.17) is 0 Å². The predicted molar refractivity (Wildman–Crippen MR) is 116 cm³/mol. The SMILES string of the molecule is Cc1nc2ncnn2c(C)c1CCC(=O)NN(Cc1ccccc1)c1ccccc1. The van der Waals surface area contributed by atoms with E-state index in [0.717, 1.165) is 28.2 Å². The molecule has 0 saturated heterocycles. The molecule has 0 fully saturated rings. The lowest BCUT2D eigenvalue weighted by molar-refractivity contribution is -0.121. The van der Waals surface area contributed by atoms with Crippen molar-refractivity contribution in [2.24, 2.45) is 0 Å². The van der Waals surface area contributed by atoms with Crippen LogP contribution in [0.4, 0.5) is 5.69 Å². The molecule has 4 rings (SSSR count). The van der Waals surface area contributed by atoms with E-state index in [2.05, 4.69) is 20.5 Å². The van der Waals surface area contributed by atoms with E-state index in [0.29, 0.717) is 25.2 Å². The Morgan fingerprint density at radius 3 is 2.47 bits per heavy atom. The number of carbonyl (C=O) groups is 1. The van der Waals surface area contributed by atoms with E-state index in [1.165, 1.54) is 6.33 Å². The number of hydrogen-bond donors (Lipinski definition) is 1. The van der Waals surface area contributed by atoms with E-state index in [1.54, 1.807) is 4.52 Å². The molecule has 4 aromatic rings. The minimum absolute atomic E-state index is 0.0488. The average Bonchev–Trinajstić information content (AvgIpc) is 3.23. The fourth-order valence-electron chi connectivity index (χ4n) is 3.53. The number of rotatable bonds is 7. The van der Waals surface area contributed by atoms with Gasteiger partial charge in [-0.15, -0.1) is 0 Å². The van der Waals surface area contributed by atoms with Crippen LogP contribution in [-0.2, 0) is 17.8 Å². The van der Waals surface area contributed by atoms with Gasteiger partial charge in [-0.1, -0.05) is 48.5 Å². The van der Waals surface area contributed by atoms with Gasteiger partial charge in [0.25, 0.3) is 5.78 Å². The third-order valence-electron chi connectivity index (χ3n) is 5.10. The molecule has 0 atom stereocenters. The number of para-hydroxylation sites is 1. The van der Waals surface area contributed by atoms with Crippen LogP contribution in [0.2, 0.25) is 0 Å². The molecule has 1 amide bonds. The second kappa shape index (κ2) is 8.73. The molecular weight excluding hydrogens is 376 g/mol. The first-order chi connectivity index (χ1) is 14.6. The number of benzene rings is 2. The molecule has 30 heavy (non-hydrogen) atoms. The number of carbonyl (C=O) groups excluding carboxylic acids is 1. The summed E-state index contributed by atoms with van der Waals surface area (Å²) in [7, 11) is 0. The van der Waals surface area contributed by atoms with Crippen LogP contribution in [0.3, 0.4) is 0 Å². The number of hydrogen-bond acceptors (Lipinski definition) is 5. The second-order valence-electron chi connectivity index (χ2n) is 7.18. The maximum Gasteiger partial charge on any atom is 0.252 e. The second-order valence-corrected chi connectivity index (χ2v) is 7.18.